The van der Waals surface area contributed by atoms with Gasteiger partial charge < -0.3 is 10.5 Å². The number of hydrogen-bond donors (Lipinski definition) is 1. The van der Waals surface area contributed by atoms with E-state index in [9.17, 15) is 17.6 Å². The molecule has 0 fully saturated rings. The second-order valence-corrected chi connectivity index (χ2v) is 3.05. The van der Waals surface area contributed by atoms with Crippen LogP contribution in [0.3, 0.4) is 0 Å². The number of hydrogen-bond acceptors (Lipinski definition) is 2. The summed E-state index contributed by atoms with van der Waals surface area (Å²) < 4.78 is 53.1. The van der Waals surface area contributed by atoms with Gasteiger partial charge in [-0.3, -0.25) is 0 Å². The molecule has 0 atom stereocenters. The monoisotopic (exact) mass is 247 g/mol. The number of benzene rings is 1. The highest BCUT2D eigenvalue weighted by atomic mass is 19.4. The molecule has 0 aromatic heterocycles. The van der Waals surface area contributed by atoms with Crippen molar-refractivity contribution >= 4 is 0 Å². The lowest BCUT2D eigenvalue weighted by atomic mass is 10.2. The van der Waals surface area contributed by atoms with Crippen LogP contribution in [0.2, 0.25) is 0 Å². The van der Waals surface area contributed by atoms with Crippen LogP contribution in [0, 0.1) is 17.7 Å². The van der Waals surface area contributed by atoms with Gasteiger partial charge in [0.25, 0.3) is 0 Å². The summed E-state index contributed by atoms with van der Waals surface area (Å²) in [5.41, 5.74) is 5.47. The van der Waals surface area contributed by atoms with Gasteiger partial charge >= 0.3 is 6.18 Å². The van der Waals surface area contributed by atoms with Gasteiger partial charge in [0.2, 0.25) is 0 Å². The third-order valence-corrected chi connectivity index (χ3v) is 1.66. The zero-order valence-corrected chi connectivity index (χ0v) is 8.64. The number of ether oxygens (including phenoxy) is 1. The third kappa shape index (κ3) is 4.74. The number of alkyl halides is 3. The van der Waals surface area contributed by atoms with Crippen LogP contribution >= 0.6 is 0 Å². The molecule has 0 heterocycles. The van der Waals surface area contributed by atoms with E-state index in [-0.39, 0.29) is 6.54 Å². The molecular formula is C11H9F4NO. The molecule has 0 aliphatic rings. The second-order valence-electron chi connectivity index (χ2n) is 3.05. The van der Waals surface area contributed by atoms with Gasteiger partial charge in [-0.2, -0.15) is 13.2 Å². The predicted octanol–water partition coefficient (Wildman–Crippen LogP) is 2.08. The smallest absolute Gasteiger partial charge is 0.422 e. The fourth-order valence-corrected chi connectivity index (χ4v) is 1.00. The molecule has 0 amide bonds. The van der Waals surface area contributed by atoms with E-state index in [1.54, 1.807) is 0 Å². The molecule has 2 nitrogen and oxygen atoms in total. The summed E-state index contributed by atoms with van der Waals surface area (Å²) >= 11 is 0. The fourth-order valence-electron chi connectivity index (χ4n) is 1.00. The van der Waals surface area contributed by atoms with Gasteiger partial charge in [0, 0.05) is 5.56 Å². The Labute approximate surface area is 95.4 Å². The molecule has 2 N–H and O–H groups in total. The molecule has 0 saturated heterocycles. The summed E-state index contributed by atoms with van der Waals surface area (Å²) in [5.74, 6) is 3.72. The Morgan fingerprint density at radius 1 is 1.29 bits per heavy atom. The van der Waals surface area contributed by atoms with Gasteiger partial charge in [0.15, 0.2) is 18.2 Å². The van der Waals surface area contributed by atoms with Crippen LogP contribution in [0.1, 0.15) is 5.56 Å². The highest BCUT2D eigenvalue weighted by Crippen LogP contribution is 2.22. The third-order valence-electron chi connectivity index (χ3n) is 1.66. The maximum absolute atomic E-state index is 13.1. The van der Waals surface area contributed by atoms with Crippen molar-refractivity contribution < 1.29 is 22.3 Å². The quantitative estimate of drug-likeness (QED) is 0.641. The van der Waals surface area contributed by atoms with Crippen LogP contribution in [-0.4, -0.2) is 19.3 Å². The second kappa shape index (κ2) is 5.55. The maximum Gasteiger partial charge on any atom is 0.422 e. The standard InChI is InChI=1S/C11H9F4NO/c12-9-4-3-8(2-1-5-16)6-10(9)17-7-11(13,14)15/h3-4,6H,5,7,16H2. The Kier molecular flexibility index (Phi) is 4.35. The average molecular weight is 247 g/mol. The molecule has 0 bridgehead atoms. The first-order valence-electron chi connectivity index (χ1n) is 4.60. The molecular weight excluding hydrogens is 238 g/mol. The first-order chi connectivity index (χ1) is 7.92. The molecule has 6 heteroatoms. The van der Waals surface area contributed by atoms with Crippen molar-refractivity contribution in [3.05, 3.63) is 29.6 Å². The van der Waals surface area contributed by atoms with Crippen molar-refractivity contribution in [2.75, 3.05) is 13.2 Å². The fraction of sp³-hybridized carbons (Fsp3) is 0.273. The maximum atomic E-state index is 13.1. The summed E-state index contributed by atoms with van der Waals surface area (Å²) in [7, 11) is 0. The van der Waals surface area contributed by atoms with E-state index in [1.807, 2.05) is 0 Å². The van der Waals surface area contributed by atoms with Gasteiger partial charge in [-0.25, -0.2) is 4.39 Å². The highest BCUT2D eigenvalue weighted by molar-refractivity contribution is 5.40. The minimum Gasteiger partial charge on any atom is -0.481 e. The molecule has 0 saturated carbocycles. The molecule has 0 unspecified atom stereocenters. The van der Waals surface area contributed by atoms with E-state index in [2.05, 4.69) is 16.6 Å². The van der Waals surface area contributed by atoms with Gasteiger partial charge in [-0.05, 0) is 18.2 Å². The molecule has 1 rings (SSSR count). The SMILES string of the molecule is NCC#Cc1ccc(F)c(OCC(F)(F)F)c1. The lowest BCUT2D eigenvalue weighted by Crippen LogP contribution is -2.19. The minimum atomic E-state index is -4.51. The van der Waals surface area contributed by atoms with Crippen LogP contribution in [0.5, 0.6) is 5.75 Å². The van der Waals surface area contributed by atoms with Crippen molar-refractivity contribution in [1.29, 1.82) is 0 Å². The topological polar surface area (TPSA) is 35.2 Å². The molecule has 1 aromatic carbocycles. The Morgan fingerprint density at radius 3 is 2.59 bits per heavy atom. The van der Waals surface area contributed by atoms with Crippen LogP contribution in [0.4, 0.5) is 17.6 Å². The summed E-state index contributed by atoms with van der Waals surface area (Å²) in [6.07, 6.45) is -4.51. The van der Waals surface area contributed by atoms with E-state index in [0.717, 1.165) is 12.1 Å². The van der Waals surface area contributed by atoms with E-state index < -0.39 is 24.3 Å². The van der Waals surface area contributed by atoms with Crippen LogP contribution in [-0.2, 0) is 0 Å². The average Bonchev–Trinajstić information content (AvgIpc) is 2.25. The number of rotatable bonds is 2. The lowest BCUT2D eigenvalue weighted by Gasteiger charge is -2.09. The zero-order valence-electron chi connectivity index (χ0n) is 8.64. The van der Waals surface area contributed by atoms with Gasteiger partial charge in [-0.1, -0.05) is 11.8 Å². The molecule has 92 valence electrons. The van der Waals surface area contributed by atoms with E-state index in [4.69, 9.17) is 5.73 Å². The number of nitrogens with two attached hydrogens (primary N) is 1. The Morgan fingerprint density at radius 2 is 2.00 bits per heavy atom. The summed E-state index contributed by atoms with van der Waals surface area (Å²) in [6, 6.07) is 3.43. The van der Waals surface area contributed by atoms with Crippen molar-refractivity contribution in [1.82, 2.24) is 0 Å². The lowest BCUT2D eigenvalue weighted by molar-refractivity contribution is -0.153. The van der Waals surface area contributed by atoms with Crippen molar-refractivity contribution in [3.63, 3.8) is 0 Å². The highest BCUT2D eigenvalue weighted by Gasteiger charge is 2.28. The first kappa shape index (κ1) is 13.3. The Bertz CT molecular complexity index is 445. The molecule has 0 radical (unpaired) electrons. The van der Waals surface area contributed by atoms with Crippen molar-refractivity contribution in [2.24, 2.45) is 5.73 Å². The van der Waals surface area contributed by atoms with Crippen molar-refractivity contribution in [2.45, 2.75) is 6.18 Å². The minimum absolute atomic E-state index is 0.107. The van der Waals surface area contributed by atoms with Crippen molar-refractivity contribution in [3.8, 4) is 17.6 Å². The molecule has 0 spiro atoms. The van der Waals surface area contributed by atoms with Gasteiger partial charge in [-0.15, -0.1) is 0 Å². The van der Waals surface area contributed by atoms with Gasteiger partial charge in [0.1, 0.15) is 0 Å². The van der Waals surface area contributed by atoms with E-state index >= 15 is 0 Å². The molecule has 17 heavy (non-hydrogen) atoms. The number of halogens is 4. The largest absolute Gasteiger partial charge is 0.481 e. The van der Waals surface area contributed by atoms with Crippen LogP contribution in [0.25, 0.3) is 0 Å². The summed E-state index contributed by atoms with van der Waals surface area (Å²) in [5, 5.41) is 0. The zero-order chi connectivity index (χ0) is 12.9. The molecule has 0 aliphatic heterocycles. The predicted molar refractivity (Wildman–Crippen MR) is 53.9 cm³/mol. The van der Waals surface area contributed by atoms with Crippen LogP contribution in [0.15, 0.2) is 18.2 Å². The van der Waals surface area contributed by atoms with Crippen LogP contribution < -0.4 is 10.5 Å². The normalized spacial score (nSPS) is 10.6. The Balaban J connectivity index is 2.83. The van der Waals surface area contributed by atoms with Gasteiger partial charge in [0.05, 0.1) is 6.54 Å². The summed E-state index contributed by atoms with van der Waals surface area (Å²) in [6.45, 7) is -1.44. The Hall–Kier alpha value is -1.74. The first-order valence-corrected chi connectivity index (χ1v) is 4.60. The molecule has 0 aliphatic carbocycles. The van der Waals surface area contributed by atoms with E-state index in [0.29, 0.717) is 5.56 Å². The molecule has 1 aromatic rings. The summed E-state index contributed by atoms with van der Waals surface area (Å²) in [4.78, 5) is 0. The van der Waals surface area contributed by atoms with E-state index in [1.165, 1.54) is 6.07 Å².